The van der Waals surface area contributed by atoms with Gasteiger partial charge in [0.2, 0.25) is 11.6 Å². The van der Waals surface area contributed by atoms with Gasteiger partial charge in [-0.15, -0.1) is 10.2 Å². The van der Waals surface area contributed by atoms with E-state index in [0.717, 1.165) is 17.1 Å². The van der Waals surface area contributed by atoms with E-state index in [9.17, 15) is 4.79 Å². The maximum atomic E-state index is 12.8. The van der Waals surface area contributed by atoms with E-state index >= 15 is 0 Å². The van der Waals surface area contributed by atoms with E-state index in [1.54, 1.807) is 18.2 Å². The lowest BCUT2D eigenvalue weighted by atomic mass is 10.2. The number of benzene rings is 2. The molecule has 0 spiro atoms. The van der Waals surface area contributed by atoms with Crippen LogP contribution in [0.25, 0.3) is 17.1 Å². The molecule has 176 valence electrons. The van der Waals surface area contributed by atoms with Crippen molar-refractivity contribution in [2.45, 2.75) is 20.5 Å². The number of para-hydroxylation sites is 1. The lowest BCUT2D eigenvalue weighted by molar-refractivity contribution is 0.0438. The van der Waals surface area contributed by atoms with Crippen molar-refractivity contribution in [3.8, 4) is 34.4 Å². The second-order valence-electron chi connectivity index (χ2n) is 7.45. The van der Waals surface area contributed by atoms with Gasteiger partial charge in [0, 0.05) is 22.6 Å². The SMILES string of the molecule is COc1cc(-c2nnc(COC(=O)c3cc(C)n(-c4ccccc4)c3C)o2)cc(OC)c1OC. The number of methoxy groups -OCH3 is 3. The van der Waals surface area contributed by atoms with Gasteiger partial charge in [0.1, 0.15) is 0 Å². The molecule has 0 N–H and O–H groups in total. The van der Waals surface area contributed by atoms with E-state index < -0.39 is 5.97 Å². The van der Waals surface area contributed by atoms with Gasteiger partial charge < -0.3 is 27.9 Å². The number of aromatic nitrogens is 3. The van der Waals surface area contributed by atoms with E-state index in [1.807, 2.05) is 48.7 Å². The van der Waals surface area contributed by atoms with Gasteiger partial charge in [0.15, 0.2) is 18.1 Å². The Balaban J connectivity index is 1.51. The predicted molar refractivity (Wildman–Crippen MR) is 124 cm³/mol. The third-order valence-electron chi connectivity index (χ3n) is 5.37. The minimum atomic E-state index is -0.470. The number of carbonyl (C=O) groups is 1. The molecule has 0 aliphatic carbocycles. The fourth-order valence-electron chi connectivity index (χ4n) is 3.78. The summed E-state index contributed by atoms with van der Waals surface area (Å²) in [7, 11) is 4.57. The molecule has 2 heterocycles. The minimum Gasteiger partial charge on any atom is -0.493 e. The molecule has 0 radical (unpaired) electrons. The van der Waals surface area contributed by atoms with Crippen LogP contribution in [0.15, 0.2) is 52.9 Å². The summed E-state index contributed by atoms with van der Waals surface area (Å²) in [5, 5.41) is 8.05. The summed E-state index contributed by atoms with van der Waals surface area (Å²) < 4.78 is 29.2. The molecule has 0 aliphatic rings. The number of aryl methyl sites for hydroxylation is 1. The molecule has 9 heteroatoms. The van der Waals surface area contributed by atoms with Crippen molar-refractivity contribution >= 4 is 5.97 Å². The Morgan fingerprint density at radius 1 is 0.941 bits per heavy atom. The predicted octanol–water partition coefficient (Wildman–Crippen LogP) is 4.53. The third-order valence-corrected chi connectivity index (χ3v) is 5.37. The topological polar surface area (TPSA) is 97.8 Å². The summed E-state index contributed by atoms with van der Waals surface area (Å²) in [6.07, 6.45) is 0. The van der Waals surface area contributed by atoms with E-state index in [4.69, 9.17) is 23.4 Å². The Labute approximate surface area is 196 Å². The monoisotopic (exact) mass is 463 g/mol. The molecule has 0 saturated heterocycles. The van der Waals surface area contributed by atoms with Crippen molar-refractivity contribution in [2.75, 3.05) is 21.3 Å². The van der Waals surface area contributed by atoms with Crippen molar-refractivity contribution in [3.05, 3.63) is 71.4 Å². The van der Waals surface area contributed by atoms with E-state index in [0.29, 0.717) is 28.4 Å². The van der Waals surface area contributed by atoms with Crippen LogP contribution in [-0.2, 0) is 11.3 Å². The average Bonchev–Trinajstić information content (AvgIpc) is 3.46. The molecule has 34 heavy (non-hydrogen) atoms. The fourth-order valence-corrected chi connectivity index (χ4v) is 3.78. The van der Waals surface area contributed by atoms with Gasteiger partial charge in [-0.2, -0.15) is 0 Å². The van der Waals surface area contributed by atoms with Gasteiger partial charge >= 0.3 is 5.97 Å². The minimum absolute atomic E-state index is 0.161. The number of hydrogen-bond acceptors (Lipinski definition) is 8. The number of carbonyl (C=O) groups excluding carboxylic acids is 1. The van der Waals surface area contributed by atoms with Crippen molar-refractivity contribution < 1.29 is 28.2 Å². The zero-order valence-corrected chi connectivity index (χ0v) is 19.6. The molecule has 0 aliphatic heterocycles. The number of nitrogens with zero attached hydrogens (tertiary/aromatic N) is 3. The zero-order chi connectivity index (χ0) is 24.2. The van der Waals surface area contributed by atoms with Crippen LogP contribution in [0, 0.1) is 13.8 Å². The van der Waals surface area contributed by atoms with Gasteiger partial charge in [-0.3, -0.25) is 0 Å². The summed E-state index contributed by atoms with van der Waals surface area (Å²) in [5.74, 6) is 1.29. The highest BCUT2D eigenvalue weighted by atomic mass is 16.5. The Bertz CT molecular complexity index is 1280. The van der Waals surface area contributed by atoms with Crippen LogP contribution in [-0.4, -0.2) is 42.1 Å². The molecule has 0 saturated carbocycles. The summed E-state index contributed by atoms with van der Waals surface area (Å²) in [5.41, 5.74) is 3.75. The first-order chi connectivity index (χ1) is 16.5. The molecule has 9 nitrogen and oxygen atoms in total. The van der Waals surface area contributed by atoms with Crippen LogP contribution < -0.4 is 14.2 Å². The highest BCUT2D eigenvalue weighted by molar-refractivity contribution is 5.91. The second-order valence-corrected chi connectivity index (χ2v) is 7.45. The molecular weight excluding hydrogens is 438 g/mol. The van der Waals surface area contributed by atoms with Crippen molar-refractivity contribution in [1.82, 2.24) is 14.8 Å². The van der Waals surface area contributed by atoms with Crippen LogP contribution >= 0.6 is 0 Å². The third kappa shape index (κ3) is 4.32. The first-order valence-electron chi connectivity index (χ1n) is 10.5. The molecule has 0 bridgehead atoms. The van der Waals surface area contributed by atoms with Crippen LogP contribution in [0.2, 0.25) is 0 Å². The Hall–Kier alpha value is -4.27. The Morgan fingerprint density at radius 3 is 2.24 bits per heavy atom. The number of esters is 1. The molecule has 4 aromatic rings. The summed E-state index contributed by atoms with van der Waals surface area (Å²) in [4.78, 5) is 12.8. The maximum absolute atomic E-state index is 12.8. The Kier molecular flexibility index (Phi) is 6.53. The molecule has 4 rings (SSSR count). The number of rotatable bonds is 8. The van der Waals surface area contributed by atoms with Gasteiger partial charge in [0.05, 0.1) is 26.9 Å². The first-order valence-corrected chi connectivity index (χ1v) is 10.5. The highest BCUT2D eigenvalue weighted by Gasteiger charge is 2.20. The van der Waals surface area contributed by atoms with Gasteiger partial charge in [0.25, 0.3) is 5.89 Å². The van der Waals surface area contributed by atoms with Crippen LogP contribution in [0.4, 0.5) is 0 Å². The fraction of sp³-hybridized carbons (Fsp3) is 0.240. The lowest BCUT2D eigenvalue weighted by Crippen LogP contribution is -2.07. The lowest BCUT2D eigenvalue weighted by Gasteiger charge is -2.12. The quantitative estimate of drug-likeness (QED) is 0.352. The van der Waals surface area contributed by atoms with Gasteiger partial charge in [-0.25, -0.2) is 4.79 Å². The molecule has 0 atom stereocenters. The highest BCUT2D eigenvalue weighted by Crippen LogP contribution is 2.40. The van der Waals surface area contributed by atoms with Crippen molar-refractivity contribution in [3.63, 3.8) is 0 Å². The maximum Gasteiger partial charge on any atom is 0.340 e. The standard InChI is InChI=1S/C25H25N3O6/c1-15-11-19(16(2)28(15)18-9-7-6-8-10-18)25(29)33-14-22-26-27-24(34-22)17-12-20(30-3)23(32-5)21(13-17)31-4/h6-13H,14H2,1-5H3. The summed E-state index contributed by atoms with van der Waals surface area (Å²) >= 11 is 0. The molecular formula is C25H25N3O6. The molecule has 0 unspecified atom stereocenters. The molecule has 2 aromatic carbocycles. The molecule has 2 aromatic heterocycles. The van der Waals surface area contributed by atoms with Crippen LogP contribution in [0.1, 0.15) is 27.6 Å². The van der Waals surface area contributed by atoms with Crippen LogP contribution in [0.5, 0.6) is 17.2 Å². The zero-order valence-electron chi connectivity index (χ0n) is 19.6. The second kappa shape index (κ2) is 9.70. The van der Waals surface area contributed by atoms with Gasteiger partial charge in [-0.1, -0.05) is 18.2 Å². The van der Waals surface area contributed by atoms with Gasteiger partial charge in [-0.05, 0) is 44.2 Å². The van der Waals surface area contributed by atoms with Crippen molar-refractivity contribution in [1.29, 1.82) is 0 Å². The average molecular weight is 463 g/mol. The molecule has 0 amide bonds. The van der Waals surface area contributed by atoms with E-state index in [2.05, 4.69) is 10.2 Å². The summed E-state index contributed by atoms with van der Waals surface area (Å²) in [6, 6.07) is 15.0. The van der Waals surface area contributed by atoms with Crippen molar-refractivity contribution in [2.24, 2.45) is 0 Å². The van der Waals surface area contributed by atoms with Crippen LogP contribution in [0.3, 0.4) is 0 Å². The molecule has 0 fully saturated rings. The number of hydrogen-bond donors (Lipinski definition) is 0. The Morgan fingerprint density at radius 2 is 1.62 bits per heavy atom. The smallest absolute Gasteiger partial charge is 0.340 e. The van der Waals surface area contributed by atoms with E-state index in [1.165, 1.54) is 21.3 Å². The number of ether oxygens (including phenoxy) is 4. The normalized spacial score (nSPS) is 10.7. The van der Waals surface area contributed by atoms with E-state index in [-0.39, 0.29) is 18.4 Å². The summed E-state index contributed by atoms with van der Waals surface area (Å²) in [6.45, 7) is 3.66. The largest absolute Gasteiger partial charge is 0.493 e. The first kappa shape index (κ1) is 22.9.